The molecule has 0 unspecified atom stereocenters. The molecule has 0 aromatic carbocycles. The van der Waals surface area contributed by atoms with Gasteiger partial charge in [-0.1, -0.05) is 36.2 Å². The standard InChI is InChI=1S/C16H25ClN2S/c1-3-19(4-2)16-18-12-15(20-16)10-14(11-17)13-8-6-5-7-9-13/h10,12-13H,3-9,11H2,1-2H3/b14-10-. The van der Waals surface area contributed by atoms with Gasteiger partial charge in [0.2, 0.25) is 0 Å². The number of thiazole rings is 1. The molecule has 0 aliphatic heterocycles. The van der Waals surface area contributed by atoms with Gasteiger partial charge in [-0.3, -0.25) is 0 Å². The molecule has 1 aliphatic carbocycles. The Morgan fingerprint density at radius 2 is 2.05 bits per heavy atom. The first kappa shape index (κ1) is 15.8. The molecule has 1 aromatic rings. The van der Waals surface area contributed by atoms with Gasteiger partial charge in [-0.2, -0.15) is 0 Å². The van der Waals surface area contributed by atoms with Crippen molar-refractivity contribution in [3.05, 3.63) is 16.6 Å². The van der Waals surface area contributed by atoms with Crippen molar-refractivity contribution in [2.45, 2.75) is 46.0 Å². The molecule has 1 aliphatic rings. The van der Waals surface area contributed by atoms with Crippen LogP contribution in [0.25, 0.3) is 6.08 Å². The highest BCUT2D eigenvalue weighted by Gasteiger charge is 2.17. The highest BCUT2D eigenvalue weighted by molar-refractivity contribution is 7.16. The Labute approximate surface area is 131 Å². The normalized spacial score (nSPS) is 17.4. The predicted octanol–water partition coefficient (Wildman–Crippen LogP) is 5.19. The van der Waals surface area contributed by atoms with Gasteiger partial charge >= 0.3 is 0 Å². The van der Waals surface area contributed by atoms with Crippen molar-refractivity contribution in [2.24, 2.45) is 5.92 Å². The lowest BCUT2D eigenvalue weighted by Gasteiger charge is -2.23. The van der Waals surface area contributed by atoms with E-state index in [4.69, 9.17) is 11.6 Å². The minimum atomic E-state index is 0.656. The molecule has 0 bridgehead atoms. The molecule has 0 radical (unpaired) electrons. The molecule has 1 fully saturated rings. The number of aromatic nitrogens is 1. The second kappa shape index (κ2) is 8.04. The number of alkyl halides is 1. The molecule has 0 N–H and O–H groups in total. The smallest absolute Gasteiger partial charge is 0.185 e. The molecule has 0 spiro atoms. The van der Waals surface area contributed by atoms with Crippen LogP contribution in [0.15, 0.2) is 11.8 Å². The van der Waals surface area contributed by atoms with Crippen LogP contribution in [0.3, 0.4) is 0 Å². The van der Waals surface area contributed by atoms with E-state index in [2.05, 4.69) is 29.8 Å². The molecule has 1 heterocycles. The molecule has 4 heteroatoms. The van der Waals surface area contributed by atoms with Crippen LogP contribution < -0.4 is 4.90 Å². The average Bonchev–Trinajstić information content (AvgIpc) is 2.95. The molecular formula is C16H25ClN2S. The van der Waals surface area contributed by atoms with Gasteiger partial charge in [0, 0.05) is 30.0 Å². The van der Waals surface area contributed by atoms with Gasteiger partial charge in [-0.05, 0) is 38.7 Å². The Kier molecular flexibility index (Phi) is 6.37. The fourth-order valence-electron chi connectivity index (χ4n) is 2.91. The van der Waals surface area contributed by atoms with E-state index in [-0.39, 0.29) is 0 Å². The van der Waals surface area contributed by atoms with E-state index >= 15 is 0 Å². The molecule has 0 atom stereocenters. The first-order valence-electron chi connectivity index (χ1n) is 7.75. The van der Waals surface area contributed by atoms with E-state index in [1.165, 1.54) is 42.6 Å². The SMILES string of the molecule is CCN(CC)c1ncc(/C=C(/CCl)C2CCCCC2)s1. The number of allylic oxidation sites excluding steroid dienone is 1. The first-order chi connectivity index (χ1) is 9.78. The molecule has 2 rings (SSSR count). The highest BCUT2D eigenvalue weighted by Crippen LogP contribution is 2.33. The summed E-state index contributed by atoms with van der Waals surface area (Å²) < 4.78 is 0. The maximum atomic E-state index is 6.18. The summed E-state index contributed by atoms with van der Waals surface area (Å²) >= 11 is 7.96. The van der Waals surface area contributed by atoms with Crippen LogP contribution in [-0.2, 0) is 0 Å². The third-order valence-corrected chi connectivity index (χ3v) is 5.47. The monoisotopic (exact) mass is 312 g/mol. The highest BCUT2D eigenvalue weighted by atomic mass is 35.5. The van der Waals surface area contributed by atoms with E-state index in [0.717, 1.165) is 18.2 Å². The van der Waals surface area contributed by atoms with E-state index in [0.29, 0.717) is 11.8 Å². The Hall–Kier alpha value is -0.540. The number of halogens is 1. The zero-order valence-corrected chi connectivity index (χ0v) is 14.1. The molecule has 0 amide bonds. The van der Waals surface area contributed by atoms with Crippen molar-refractivity contribution in [1.82, 2.24) is 4.98 Å². The number of anilines is 1. The fraction of sp³-hybridized carbons (Fsp3) is 0.688. The summed E-state index contributed by atoms with van der Waals surface area (Å²) in [6.07, 6.45) is 11.0. The fourth-order valence-corrected chi connectivity index (χ4v) is 4.22. The minimum Gasteiger partial charge on any atom is -0.349 e. The topological polar surface area (TPSA) is 16.1 Å². The zero-order chi connectivity index (χ0) is 14.4. The van der Waals surface area contributed by atoms with Crippen LogP contribution in [0, 0.1) is 5.92 Å². The van der Waals surface area contributed by atoms with E-state index in [1.54, 1.807) is 11.3 Å². The predicted molar refractivity (Wildman–Crippen MR) is 90.9 cm³/mol. The maximum Gasteiger partial charge on any atom is 0.185 e. The lowest BCUT2D eigenvalue weighted by atomic mass is 9.84. The Balaban J connectivity index is 2.11. The molecular weight excluding hydrogens is 288 g/mol. The lowest BCUT2D eigenvalue weighted by molar-refractivity contribution is 0.405. The van der Waals surface area contributed by atoms with Crippen LogP contribution in [0.1, 0.15) is 50.8 Å². The van der Waals surface area contributed by atoms with Crippen molar-refractivity contribution < 1.29 is 0 Å². The molecule has 20 heavy (non-hydrogen) atoms. The molecule has 2 nitrogen and oxygen atoms in total. The second-order valence-corrected chi connectivity index (χ2v) is 6.71. The van der Waals surface area contributed by atoms with Crippen LogP contribution >= 0.6 is 22.9 Å². The Morgan fingerprint density at radius 3 is 2.65 bits per heavy atom. The lowest BCUT2D eigenvalue weighted by Crippen LogP contribution is -2.21. The molecule has 1 saturated carbocycles. The van der Waals surface area contributed by atoms with Crippen molar-refractivity contribution in [3.63, 3.8) is 0 Å². The van der Waals surface area contributed by atoms with Gasteiger partial charge in [0.25, 0.3) is 0 Å². The first-order valence-corrected chi connectivity index (χ1v) is 9.10. The third-order valence-electron chi connectivity index (χ3n) is 4.16. The molecule has 112 valence electrons. The molecule has 1 aromatic heterocycles. The number of nitrogens with zero attached hydrogens (tertiary/aromatic N) is 2. The van der Waals surface area contributed by atoms with Gasteiger partial charge < -0.3 is 4.90 Å². The largest absolute Gasteiger partial charge is 0.349 e. The summed E-state index contributed by atoms with van der Waals surface area (Å²) in [6, 6.07) is 0. The zero-order valence-electron chi connectivity index (χ0n) is 12.6. The van der Waals surface area contributed by atoms with E-state index in [1.807, 2.05) is 6.20 Å². The van der Waals surface area contributed by atoms with E-state index < -0.39 is 0 Å². The van der Waals surface area contributed by atoms with Crippen molar-refractivity contribution in [1.29, 1.82) is 0 Å². The van der Waals surface area contributed by atoms with Crippen LogP contribution in [-0.4, -0.2) is 24.0 Å². The summed E-state index contributed by atoms with van der Waals surface area (Å²) in [7, 11) is 0. The molecule has 0 saturated heterocycles. The minimum absolute atomic E-state index is 0.656. The Bertz CT molecular complexity index is 431. The second-order valence-electron chi connectivity index (χ2n) is 5.41. The Morgan fingerprint density at radius 1 is 1.35 bits per heavy atom. The average molecular weight is 313 g/mol. The number of hydrogen-bond acceptors (Lipinski definition) is 3. The third kappa shape index (κ3) is 3.98. The summed E-state index contributed by atoms with van der Waals surface area (Å²) in [5.41, 5.74) is 1.40. The summed E-state index contributed by atoms with van der Waals surface area (Å²) in [5.74, 6) is 1.35. The van der Waals surface area contributed by atoms with Gasteiger partial charge in [0.05, 0.1) is 0 Å². The number of hydrogen-bond donors (Lipinski definition) is 0. The van der Waals surface area contributed by atoms with Gasteiger partial charge in [0.15, 0.2) is 5.13 Å². The van der Waals surface area contributed by atoms with Crippen molar-refractivity contribution in [2.75, 3.05) is 23.9 Å². The summed E-state index contributed by atoms with van der Waals surface area (Å²) in [5, 5.41) is 1.12. The van der Waals surface area contributed by atoms with E-state index in [9.17, 15) is 0 Å². The van der Waals surface area contributed by atoms with Crippen LogP contribution in [0.5, 0.6) is 0 Å². The van der Waals surface area contributed by atoms with Crippen LogP contribution in [0.2, 0.25) is 0 Å². The van der Waals surface area contributed by atoms with Gasteiger partial charge in [-0.25, -0.2) is 4.98 Å². The summed E-state index contributed by atoms with van der Waals surface area (Å²) in [4.78, 5) is 8.09. The summed E-state index contributed by atoms with van der Waals surface area (Å²) in [6.45, 7) is 6.37. The van der Waals surface area contributed by atoms with Crippen molar-refractivity contribution in [3.8, 4) is 0 Å². The van der Waals surface area contributed by atoms with Crippen molar-refractivity contribution >= 4 is 34.1 Å². The van der Waals surface area contributed by atoms with Crippen LogP contribution in [0.4, 0.5) is 5.13 Å². The maximum absolute atomic E-state index is 6.18. The van der Waals surface area contributed by atoms with Gasteiger partial charge in [0.1, 0.15) is 0 Å². The van der Waals surface area contributed by atoms with Gasteiger partial charge in [-0.15, -0.1) is 11.6 Å². The quantitative estimate of drug-likeness (QED) is 0.672. The number of rotatable bonds is 6.